The molecule has 0 saturated heterocycles. The lowest BCUT2D eigenvalue weighted by molar-refractivity contribution is 0.669. The molecule has 0 unspecified atom stereocenters. The molecule has 0 fully saturated rings. The highest BCUT2D eigenvalue weighted by Gasteiger charge is 2.22. The van der Waals surface area contributed by atoms with E-state index in [-0.39, 0.29) is 0 Å². The minimum Gasteiger partial charge on any atom is -0.455 e. The van der Waals surface area contributed by atoms with Gasteiger partial charge in [0.1, 0.15) is 22.3 Å². The van der Waals surface area contributed by atoms with Gasteiger partial charge in [0.25, 0.3) is 0 Å². The molecule has 0 atom stereocenters. The van der Waals surface area contributed by atoms with E-state index < -0.39 is 0 Å². The third-order valence-corrected chi connectivity index (χ3v) is 12.3. The summed E-state index contributed by atoms with van der Waals surface area (Å²) in [6, 6.07) is 69.8. The first-order chi connectivity index (χ1) is 30.7. The van der Waals surface area contributed by atoms with Gasteiger partial charge in [-0.05, 0) is 79.3 Å². The minimum atomic E-state index is 0.549. The molecule has 0 aliphatic carbocycles. The zero-order chi connectivity index (χ0) is 40.7. The molecule has 0 aliphatic heterocycles. The van der Waals surface area contributed by atoms with Gasteiger partial charge in [-0.2, -0.15) is 0 Å². The summed E-state index contributed by atoms with van der Waals surface area (Å²) < 4.78 is 13.3. The van der Waals surface area contributed by atoms with Crippen LogP contribution in [0.2, 0.25) is 0 Å². The van der Waals surface area contributed by atoms with Gasteiger partial charge in [-0.1, -0.05) is 170 Å². The summed E-state index contributed by atoms with van der Waals surface area (Å²) in [6.07, 6.45) is 0. The molecule has 288 valence electrons. The highest BCUT2D eigenvalue weighted by atomic mass is 16.3. The first kappa shape index (κ1) is 34.5. The molecule has 62 heavy (non-hydrogen) atoms. The fourth-order valence-corrected chi connectivity index (χ4v) is 9.47. The fraction of sp³-hybridized carbons (Fsp3) is 0. The van der Waals surface area contributed by atoms with E-state index in [1.807, 2.05) is 30.3 Å². The van der Waals surface area contributed by atoms with Crippen molar-refractivity contribution in [3.63, 3.8) is 0 Å². The number of fused-ring (bicyclic) bond motifs is 9. The molecule has 5 nitrogen and oxygen atoms in total. The molecule has 10 aromatic carbocycles. The molecule has 5 heteroatoms. The van der Waals surface area contributed by atoms with Crippen LogP contribution in [0, 0.1) is 0 Å². The Labute approximate surface area is 355 Å². The van der Waals surface area contributed by atoms with Crippen LogP contribution in [0.25, 0.3) is 133 Å². The first-order valence-corrected chi connectivity index (χ1v) is 20.8. The lowest BCUT2D eigenvalue weighted by Gasteiger charge is -2.14. The third kappa shape index (κ3) is 5.32. The fourth-order valence-electron chi connectivity index (χ4n) is 9.47. The highest BCUT2D eigenvalue weighted by molar-refractivity contribution is 6.19. The van der Waals surface area contributed by atoms with Crippen LogP contribution in [-0.4, -0.2) is 15.0 Å². The second-order valence-electron chi connectivity index (χ2n) is 15.8. The largest absolute Gasteiger partial charge is 0.455 e. The van der Waals surface area contributed by atoms with Gasteiger partial charge in [-0.15, -0.1) is 0 Å². The Bertz CT molecular complexity index is 3950. The maximum atomic E-state index is 6.81. The lowest BCUT2D eigenvalue weighted by atomic mass is 9.91. The summed E-state index contributed by atoms with van der Waals surface area (Å²) in [5, 5.41) is 11.0. The SMILES string of the molecule is c1ccc2cc(-c3nc(-c4ccc(-c5cccc6oc7c(-c8cccc9ccccc89)cccc7c56)c5ccccc45)nc(-c4cccc5c4oc4ccccc45)n3)ccc2c1. The van der Waals surface area contributed by atoms with E-state index in [1.165, 1.54) is 10.8 Å². The van der Waals surface area contributed by atoms with E-state index in [4.69, 9.17) is 23.8 Å². The predicted molar refractivity (Wildman–Crippen MR) is 254 cm³/mol. The van der Waals surface area contributed by atoms with Crippen LogP contribution in [-0.2, 0) is 0 Å². The topological polar surface area (TPSA) is 65.0 Å². The summed E-state index contributed by atoms with van der Waals surface area (Å²) >= 11 is 0. The number of para-hydroxylation sites is 3. The van der Waals surface area contributed by atoms with E-state index in [9.17, 15) is 0 Å². The van der Waals surface area contributed by atoms with Crippen molar-refractivity contribution < 1.29 is 8.83 Å². The van der Waals surface area contributed by atoms with Gasteiger partial charge in [0, 0.05) is 38.2 Å². The number of hydrogen-bond donors (Lipinski definition) is 0. The van der Waals surface area contributed by atoms with Gasteiger partial charge in [0.2, 0.25) is 0 Å². The van der Waals surface area contributed by atoms with E-state index >= 15 is 0 Å². The zero-order valence-corrected chi connectivity index (χ0v) is 33.2. The Morgan fingerprint density at radius 2 is 0.790 bits per heavy atom. The van der Waals surface area contributed by atoms with Crippen LogP contribution in [0.1, 0.15) is 0 Å². The molecule has 0 N–H and O–H groups in total. The molecule has 0 aliphatic rings. The number of nitrogens with zero attached hydrogens (tertiary/aromatic N) is 3. The molecule has 0 spiro atoms. The summed E-state index contributed by atoms with van der Waals surface area (Å²) in [5.74, 6) is 1.72. The Morgan fingerprint density at radius 3 is 1.66 bits per heavy atom. The van der Waals surface area contributed by atoms with Crippen molar-refractivity contribution >= 4 is 76.2 Å². The van der Waals surface area contributed by atoms with Gasteiger partial charge < -0.3 is 8.83 Å². The van der Waals surface area contributed by atoms with Crippen molar-refractivity contribution in [3.8, 4) is 56.4 Å². The second kappa shape index (κ2) is 13.6. The molecule has 13 aromatic rings. The van der Waals surface area contributed by atoms with Crippen LogP contribution < -0.4 is 0 Å². The smallest absolute Gasteiger partial charge is 0.167 e. The van der Waals surface area contributed by atoms with Crippen LogP contribution in [0.3, 0.4) is 0 Å². The standard InChI is InChI=1S/C57H33N3O2/c1-2-15-36-33-37(30-29-34(36)13-1)55-58-56(60-57(59-55)49-26-11-24-46-43-20-7-8-27-50(43)61-54(46)49)47-32-31-42(40-18-5-6-19-41(40)47)44-22-12-28-51-52(44)48-25-10-23-45(53(48)62-51)39-21-9-16-35-14-3-4-17-38(35)39/h1-33H. The minimum absolute atomic E-state index is 0.549. The van der Waals surface area contributed by atoms with E-state index in [0.717, 1.165) is 104 Å². The Hall–Kier alpha value is -8.41. The van der Waals surface area contributed by atoms with Crippen molar-refractivity contribution in [2.45, 2.75) is 0 Å². The average Bonchev–Trinajstić information content (AvgIpc) is 3.92. The van der Waals surface area contributed by atoms with Gasteiger partial charge in [0.15, 0.2) is 17.5 Å². The number of furan rings is 2. The molecule has 13 rings (SSSR count). The van der Waals surface area contributed by atoms with Crippen LogP contribution in [0.15, 0.2) is 209 Å². The molecule has 0 bridgehead atoms. The van der Waals surface area contributed by atoms with Gasteiger partial charge in [0.05, 0.1) is 5.56 Å². The number of hydrogen-bond acceptors (Lipinski definition) is 5. The van der Waals surface area contributed by atoms with Crippen molar-refractivity contribution in [1.82, 2.24) is 15.0 Å². The third-order valence-electron chi connectivity index (χ3n) is 12.3. The van der Waals surface area contributed by atoms with Gasteiger partial charge >= 0.3 is 0 Å². The van der Waals surface area contributed by atoms with Crippen molar-refractivity contribution in [1.29, 1.82) is 0 Å². The molecule has 0 saturated carbocycles. The predicted octanol–water partition coefficient (Wildman–Crippen LogP) is 15.5. The quantitative estimate of drug-likeness (QED) is 0.174. The van der Waals surface area contributed by atoms with Crippen molar-refractivity contribution in [2.75, 3.05) is 0 Å². The van der Waals surface area contributed by atoms with Crippen LogP contribution in [0.5, 0.6) is 0 Å². The monoisotopic (exact) mass is 791 g/mol. The lowest BCUT2D eigenvalue weighted by Crippen LogP contribution is -2.01. The molecular weight excluding hydrogens is 759 g/mol. The molecular formula is C57H33N3O2. The number of aromatic nitrogens is 3. The maximum absolute atomic E-state index is 6.81. The Morgan fingerprint density at radius 1 is 0.274 bits per heavy atom. The highest BCUT2D eigenvalue weighted by Crippen LogP contribution is 2.45. The molecule has 3 aromatic heterocycles. The summed E-state index contributed by atoms with van der Waals surface area (Å²) in [6.45, 7) is 0. The van der Waals surface area contributed by atoms with Crippen LogP contribution >= 0.6 is 0 Å². The normalized spacial score (nSPS) is 11.9. The van der Waals surface area contributed by atoms with E-state index in [1.54, 1.807) is 0 Å². The number of rotatable bonds is 5. The second-order valence-corrected chi connectivity index (χ2v) is 15.8. The molecule has 0 amide bonds. The molecule has 3 heterocycles. The zero-order valence-electron chi connectivity index (χ0n) is 33.2. The average molecular weight is 792 g/mol. The summed E-state index contributed by atoms with van der Waals surface area (Å²) in [7, 11) is 0. The van der Waals surface area contributed by atoms with Crippen LogP contribution in [0.4, 0.5) is 0 Å². The first-order valence-electron chi connectivity index (χ1n) is 20.8. The van der Waals surface area contributed by atoms with Crippen molar-refractivity contribution in [2.24, 2.45) is 0 Å². The summed E-state index contributed by atoms with van der Waals surface area (Å²) in [4.78, 5) is 15.7. The van der Waals surface area contributed by atoms with Gasteiger partial charge in [-0.25, -0.2) is 15.0 Å². The number of benzene rings is 10. The molecule has 0 radical (unpaired) electrons. The Kier molecular flexibility index (Phi) is 7.54. The van der Waals surface area contributed by atoms with E-state index in [2.05, 4.69) is 170 Å². The summed E-state index contributed by atoms with van der Waals surface area (Å²) in [5.41, 5.74) is 10.4. The van der Waals surface area contributed by atoms with Crippen molar-refractivity contribution in [3.05, 3.63) is 200 Å². The van der Waals surface area contributed by atoms with Gasteiger partial charge in [-0.3, -0.25) is 0 Å². The Balaban J connectivity index is 1.02. The maximum Gasteiger partial charge on any atom is 0.167 e. The van der Waals surface area contributed by atoms with E-state index in [0.29, 0.717) is 17.5 Å².